The molecule has 0 saturated heterocycles. The third kappa shape index (κ3) is 1.51. The van der Waals surface area contributed by atoms with E-state index >= 15 is 0 Å². The van der Waals surface area contributed by atoms with Crippen molar-refractivity contribution in [2.75, 3.05) is 5.32 Å². The number of nitrogens with zero attached hydrogens (tertiary/aromatic N) is 3. The van der Waals surface area contributed by atoms with Gasteiger partial charge in [-0.25, -0.2) is 0 Å². The van der Waals surface area contributed by atoms with Crippen LogP contribution in [0.5, 0.6) is 0 Å². The van der Waals surface area contributed by atoms with Crippen LogP contribution in [0.2, 0.25) is 0 Å². The molecule has 18 heavy (non-hydrogen) atoms. The maximum Gasteiger partial charge on any atom is 0.406 e. The molecule has 1 N–H and O–H groups in total. The number of aryl methyl sites for hydroxylation is 1. The summed E-state index contributed by atoms with van der Waals surface area (Å²) in [6, 6.07) is 0.221. The monoisotopic (exact) mass is 252 g/mol. The van der Waals surface area contributed by atoms with E-state index in [1.54, 1.807) is 18.5 Å². The molecule has 0 aliphatic heterocycles. The molecule has 1 aromatic heterocycles. The minimum Gasteiger partial charge on any atom is -0.360 e. The van der Waals surface area contributed by atoms with Gasteiger partial charge in [0.05, 0.1) is 0 Å². The van der Waals surface area contributed by atoms with Crippen molar-refractivity contribution in [2.45, 2.75) is 40.7 Å². The zero-order valence-electron chi connectivity index (χ0n) is 11.7. The second kappa shape index (κ2) is 3.46. The SMILES string of the molecule is Cc1nc([N+](=O)[O-])c(NC2C(C)(C)C2(C)C)n1C. The first-order valence-electron chi connectivity index (χ1n) is 6.05. The lowest BCUT2D eigenvalue weighted by Gasteiger charge is -2.08. The summed E-state index contributed by atoms with van der Waals surface area (Å²) < 4.78 is 1.74. The summed E-state index contributed by atoms with van der Waals surface area (Å²) in [6.07, 6.45) is 0. The standard InChI is InChI=1S/C12H20N4O2/c1-7-13-9(16(17)18)8(15(7)6)14-10-11(2,3)12(10,4)5/h10,14H,1-6H3. The van der Waals surface area contributed by atoms with Gasteiger partial charge in [0.2, 0.25) is 11.6 Å². The van der Waals surface area contributed by atoms with E-state index in [9.17, 15) is 10.1 Å². The van der Waals surface area contributed by atoms with Crippen LogP contribution in [0.15, 0.2) is 0 Å². The molecule has 1 heterocycles. The summed E-state index contributed by atoms with van der Waals surface area (Å²) >= 11 is 0. The molecule has 1 saturated carbocycles. The highest BCUT2D eigenvalue weighted by molar-refractivity contribution is 5.56. The van der Waals surface area contributed by atoms with Gasteiger partial charge < -0.3 is 15.4 Å². The smallest absolute Gasteiger partial charge is 0.360 e. The zero-order valence-corrected chi connectivity index (χ0v) is 11.7. The Morgan fingerprint density at radius 2 is 1.83 bits per heavy atom. The Bertz CT molecular complexity index is 502. The highest BCUT2D eigenvalue weighted by Crippen LogP contribution is 2.64. The van der Waals surface area contributed by atoms with Crippen molar-refractivity contribution in [3.63, 3.8) is 0 Å². The number of imidazole rings is 1. The van der Waals surface area contributed by atoms with Gasteiger partial charge in [0.15, 0.2) is 0 Å². The van der Waals surface area contributed by atoms with E-state index in [1.165, 1.54) is 0 Å². The quantitative estimate of drug-likeness (QED) is 0.662. The van der Waals surface area contributed by atoms with Gasteiger partial charge in [-0.3, -0.25) is 4.57 Å². The average molecular weight is 252 g/mol. The van der Waals surface area contributed by atoms with Crippen molar-refractivity contribution in [1.82, 2.24) is 9.55 Å². The van der Waals surface area contributed by atoms with Crippen molar-refractivity contribution >= 4 is 11.6 Å². The maximum atomic E-state index is 11.0. The molecule has 6 heteroatoms. The molecular weight excluding hydrogens is 232 g/mol. The molecule has 0 radical (unpaired) electrons. The van der Waals surface area contributed by atoms with E-state index in [-0.39, 0.29) is 22.7 Å². The Morgan fingerprint density at radius 1 is 1.33 bits per heavy atom. The third-order valence-corrected chi connectivity index (χ3v) is 4.78. The number of nitrogens with one attached hydrogen (secondary N) is 1. The molecule has 1 aliphatic rings. The van der Waals surface area contributed by atoms with Crippen LogP contribution < -0.4 is 5.32 Å². The Kier molecular flexibility index (Phi) is 2.47. The van der Waals surface area contributed by atoms with Crippen LogP contribution in [-0.2, 0) is 7.05 Å². The summed E-state index contributed by atoms with van der Waals surface area (Å²) in [4.78, 5) is 14.6. The number of anilines is 1. The molecule has 0 aromatic carbocycles. The Hall–Kier alpha value is -1.59. The van der Waals surface area contributed by atoms with Gasteiger partial charge in [-0.05, 0) is 20.7 Å². The maximum absolute atomic E-state index is 11.0. The minimum absolute atomic E-state index is 0.0894. The lowest BCUT2D eigenvalue weighted by Crippen LogP contribution is -2.14. The Balaban J connectivity index is 2.34. The number of hydrogen-bond acceptors (Lipinski definition) is 4. The summed E-state index contributed by atoms with van der Waals surface area (Å²) in [5, 5.41) is 14.3. The van der Waals surface area contributed by atoms with Crippen LogP contribution in [0.1, 0.15) is 33.5 Å². The second-order valence-electron chi connectivity index (χ2n) is 6.17. The molecule has 1 aliphatic carbocycles. The summed E-state index contributed by atoms with van der Waals surface area (Å²) in [5.41, 5.74) is 0.248. The van der Waals surface area contributed by atoms with Crippen LogP contribution in [0.4, 0.5) is 11.6 Å². The molecule has 0 bridgehead atoms. The molecule has 0 spiro atoms. The number of rotatable bonds is 3. The first-order valence-corrected chi connectivity index (χ1v) is 6.05. The number of aromatic nitrogens is 2. The van der Waals surface area contributed by atoms with Crippen molar-refractivity contribution < 1.29 is 4.92 Å². The second-order valence-corrected chi connectivity index (χ2v) is 6.17. The zero-order chi connectivity index (χ0) is 13.9. The highest BCUT2D eigenvalue weighted by Gasteiger charge is 2.65. The van der Waals surface area contributed by atoms with Gasteiger partial charge in [0.1, 0.15) is 0 Å². The molecule has 100 valence electrons. The van der Waals surface area contributed by atoms with Crippen LogP contribution >= 0.6 is 0 Å². The van der Waals surface area contributed by atoms with Crippen LogP contribution in [-0.4, -0.2) is 20.5 Å². The van der Waals surface area contributed by atoms with E-state index in [4.69, 9.17) is 0 Å². The fraction of sp³-hybridized carbons (Fsp3) is 0.750. The molecule has 0 atom stereocenters. The summed E-state index contributed by atoms with van der Waals surface area (Å²) in [5.74, 6) is 1.05. The molecule has 1 fully saturated rings. The van der Waals surface area contributed by atoms with Gasteiger partial charge in [-0.2, -0.15) is 0 Å². The van der Waals surface area contributed by atoms with Crippen LogP contribution in [0, 0.1) is 27.9 Å². The van der Waals surface area contributed by atoms with Crippen LogP contribution in [0.3, 0.4) is 0 Å². The minimum atomic E-state index is -0.433. The van der Waals surface area contributed by atoms with Gasteiger partial charge in [0.25, 0.3) is 0 Å². The molecular formula is C12H20N4O2. The molecule has 6 nitrogen and oxygen atoms in total. The van der Waals surface area contributed by atoms with E-state index < -0.39 is 4.92 Å². The predicted octanol–water partition coefficient (Wildman–Crippen LogP) is 2.48. The van der Waals surface area contributed by atoms with Crippen molar-refractivity contribution in [3.05, 3.63) is 15.9 Å². The van der Waals surface area contributed by atoms with Crippen LogP contribution in [0.25, 0.3) is 0 Å². The fourth-order valence-corrected chi connectivity index (χ4v) is 2.58. The molecule has 0 unspecified atom stereocenters. The van der Waals surface area contributed by atoms with Gasteiger partial charge >= 0.3 is 5.82 Å². The molecule has 2 rings (SSSR count). The lowest BCUT2D eigenvalue weighted by atomic mass is 10.0. The van der Waals surface area contributed by atoms with Gasteiger partial charge in [-0.1, -0.05) is 27.7 Å². The highest BCUT2D eigenvalue weighted by atomic mass is 16.6. The van der Waals surface area contributed by atoms with Gasteiger partial charge in [0, 0.05) is 20.0 Å². The van der Waals surface area contributed by atoms with E-state index in [0.717, 1.165) is 0 Å². The average Bonchev–Trinajstić information content (AvgIpc) is 2.52. The predicted molar refractivity (Wildman–Crippen MR) is 69.6 cm³/mol. The Morgan fingerprint density at radius 3 is 2.22 bits per heavy atom. The molecule has 0 amide bonds. The lowest BCUT2D eigenvalue weighted by molar-refractivity contribution is -0.388. The normalized spacial score (nSPS) is 20.8. The topological polar surface area (TPSA) is 73.0 Å². The number of nitro groups is 1. The van der Waals surface area contributed by atoms with Gasteiger partial charge in [-0.15, -0.1) is 0 Å². The third-order valence-electron chi connectivity index (χ3n) is 4.78. The van der Waals surface area contributed by atoms with Crippen molar-refractivity contribution in [3.8, 4) is 0 Å². The first kappa shape index (κ1) is 12.9. The van der Waals surface area contributed by atoms with Crippen molar-refractivity contribution in [2.24, 2.45) is 17.9 Å². The largest absolute Gasteiger partial charge is 0.406 e. The summed E-state index contributed by atoms with van der Waals surface area (Å²) in [7, 11) is 1.79. The van der Waals surface area contributed by atoms with E-state index in [0.29, 0.717) is 11.6 Å². The van der Waals surface area contributed by atoms with E-state index in [1.807, 2.05) is 0 Å². The van der Waals surface area contributed by atoms with E-state index in [2.05, 4.69) is 38.0 Å². The Labute approximate surface area is 107 Å². The number of hydrogen-bond donors (Lipinski definition) is 1. The fourth-order valence-electron chi connectivity index (χ4n) is 2.58. The summed E-state index contributed by atoms with van der Waals surface area (Å²) in [6.45, 7) is 10.4. The molecule has 1 aromatic rings. The van der Waals surface area contributed by atoms with Crippen molar-refractivity contribution in [1.29, 1.82) is 0 Å². The first-order chi connectivity index (χ1) is 8.10.